The van der Waals surface area contributed by atoms with E-state index >= 15 is 0 Å². The van der Waals surface area contributed by atoms with Gasteiger partial charge in [-0.25, -0.2) is 0 Å². The Kier molecular flexibility index (Phi) is 3.60. The van der Waals surface area contributed by atoms with Crippen molar-refractivity contribution in [1.29, 1.82) is 5.26 Å². The second-order valence-corrected chi connectivity index (χ2v) is 5.31. The number of benzene rings is 1. The van der Waals surface area contributed by atoms with Gasteiger partial charge in [-0.05, 0) is 24.1 Å². The Morgan fingerprint density at radius 3 is 2.68 bits per heavy atom. The van der Waals surface area contributed by atoms with Crippen LogP contribution in [-0.4, -0.2) is 12.9 Å². The molecular weight excluding hydrogens is 280 g/mol. The van der Waals surface area contributed by atoms with Gasteiger partial charge in [0.1, 0.15) is 23.2 Å². The van der Waals surface area contributed by atoms with Gasteiger partial charge in [0, 0.05) is 18.4 Å². The third kappa shape index (κ3) is 2.23. The van der Waals surface area contributed by atoms with Crippen molar-refractivity contribution < 1.29 is 14.3 Å². The molecule has 1 aliphatic heterocycles. The standard InChI is InChI=1S/C17H16N2O3/c1-21-11-7-5-10(6-8-11)15-12(9-18)17(19)22-14-4-2-3-13(20)16(14)15/h5-8,15H,2-4,19H2,1H3/t15-/m1/s1. The lowest BCUT2D eigenvalue weighted by Crippen LogP contribution is -2.27. The fourth-order valence-electron chi connectivity index (χ4n) is 2.99. The van der Waals surface area contributed by atoms with E-state index in [0.717, 1.165) is 17.7 Å². The summed E-state index contributed by atoms with van der Waals surface area (Å²) in [6.07, 6.45) is 1.91. The molecule has 5 heteroatoms. The summed E-state index contributed by atoms with van der Waals surface area (Å²) in [5, 5.41) is 9.44. The molecule has 5 nitrogen and oxygen atoms in total. The summed E-state index contributed by atoms with van der Waals surface area (Å²) >= 11 is 0. The predicted molar refractivity (Wildman–Crippen MR) is 79.5 cm³/mol. The SMILES string of the molecule is COc1ccc([C@@H]2C(C#N)=C(N)OC3=C2C(=O)CCC3)cc1. The maximum Gasteiger partial charge on any atom is 0.205 e. The van der Waals surface area contributed by atoms with Gasteiger partial charge in [-0.15, -0.1) is 0 Å². The molecule has 112 valence electrons. The van der Waals surface area contributed by atoms with E-state index in [9.17, 15) is 10.1 Å². The first-order valence-electron chi connectivity index (χ1n) is 7.13. The summed E-state index contributed by atoms with van der Waals surface area (Å²) in [7, 11) is 1.59. The van der Waals surface area contributed by atoms with Crippen LogP contribution >= 0.6 is 0 Å². The molecule has 2 N–H and O–H groups in total. The third-order valence-corrected chi connectivity index (χ3v) is 4.05. The van der Waals surface area contributed by atoms with Crippen LogP contribution in [0.2, 0.25) is 0 Å². The molecule has 0 fully saturated rings. The summed E-state index contributed by atoms with van der Waals surface area (Å²) in [6.45, 7) is 0. The lowest BCUT2D eigenvalue weighted by atomic mass is 9.77. The van der Waals surface area contributed by atoms with Crippen molar-refractivity contribution in [2.45, 2.75) is 25.2 Å². The van der Waals surface area contributed by atoms with E-state index in [2.05, 4.69) is 6.07 Å². The molecule has 0 saturated heterocycles. The number of ether oxygens (including phenoxy) is 2. The van der Waals surface area contributed by atoms with Crippen molar-refractivity contribution in [3.63, 3.8) is 0 Å². The molecule has 3 rings (SSSR count). The van der Waals surface area contributed by atoms with Crippen molar-refractivity contribution in [2.24, 2.45) is 5.73 Å². The predicted octanol–water partition coefficient (Wildman–Crippen LogP) is 2.51. The van der Waals surface area contributed by atoms with E-state index in [1.807, 2.05) is 24.3 Å². The Balaban J connectivity index is 2.13. The van der Waals surface area contributed by atoms with Gasteiger partial charge in [-0.2, -0.15) is 5.26 Å². The number of allylic oxidation sites excluding steroid dienone is 3. The first-order valence-corrected chi connectivity index (χ1v) is 7.13. The maximum atomic E-state index is 12.4. The monoisotopic (exact) mass is 296 g/mol. The molecular formula is C17H16N2O3. The number of nitrogens with zero attached hydrogens (tertiary/aromatic N) is 1. The van der Waals surface area contributed by atoms with Gasteiger partial charge < -0.3 is 15.2 Å². The smallest absolute Gasteiger partial charge is 0.205 e. The zero-order valence-electron chi connectivity index (χ0n) is 12.3. The van der Waals surface area contributed by atoms with Crippen molar-refractivity contribution in [3.8, 4) is 11.8 Å². The molecule has 1 aromatic carbocycles. The molecule has 0 bridgehead atoms. The molecule has 0 unspecified atom stereocenters. The van der Waals surface area contributed by atoms with Crippen LogP contribution in [-0.2, 0) is 9.53 Å². The Bertz CT molecular complexity index is 723. The van der Waals surface area contributed by atoms with Gasteiger partial charge in [-0.1, -0.05) is 12.1 Å². The number of nitrogens with two attached hydrogens (primary N) is 1. The largest absolute Gasteiger partial charge is 0.497 e. The number of methoxy groups -OCH3 is 1. The normalized spacial score (nSPS) is 21.1. The zero-order chi connectivity index (χ0) is 15.7. The number of carbonyl (C=O) groups excluding carboxylic acids is 1. The van der Waals surface area contributed by atoms with Gasteiger partial charge in [0.25, 0.3) is 0 Å². The van der Waals surface area contributed by atoms with Crippen LogP contribution in [0.5, 0.6) is 5.75 Å². The molecule has 1 aromatic rings. The first-order chi connectivity index (χ1) is 10.7. The van der Waals surface area contributed by atoms with Gasteiger partial charge in [0.15, 0.2) is 5.78 Å². The Hall–Kier alpha value is -2.74. The van der Waals surface area contributed by atoms with Crippen LogP contribution < -0.4 is 10.5 Å². The molecule has 0 amide bonds. The highest BCUT2D eigenvalue weighted by Crippen LogP contribution is 2.43. The highest BCUT2D eigenvalue weighted by atomic mass is 16.5. The minimum absolute atomic E-state index is 0.0299. The highest BCUT2D eigenvalue weighted by molar-refractivity contribution is 5.99. The van der Waals surface area contributed by atoms with E-state index < -0.39 is 5.92 Å². The molecule has 0 spiro atoms. The number of hydrogen-bond donors (Lipinski definition) is 1. The van der Waals surface area contributed by atoms with Gasteiger partial charge in [0.05, 0.1) is 13.0 Å². The summed E-state index contributed by atoms with van der Waals surface area (Å²) in [4.78, 5) is 12.4. The van der Waals surface area contributed by atoms with E-state index in [0.29, 0.717) is 29.7 Å². The van der Waals surface area contributed by atoms with Crippen LogP contribution in [0.25, 0.3) is 0 Å². The quantitative estimate of drug-likeness (QED) is 0.906. The molecule has 1 heterocycles. The highest BCUT2D eigenvalue weighted by Gasteiger charge is 2.37. The number of carbonyl (C=O) groups is 1. The van der Waals surface area contributed by atoms with Gasteiger partial charge >= 0.3 is 0 Å². The molecule has 0 aromatic heterocycles. The van der Waals surface area contributed by atoms with Crippen molar-refractivity contribution >= 4 is 5.78 Å². The third-order valence-electron chi connectivity index (χ3n) is 4.05. The lowest BCUT2D eigenvalue weighted by molar-refractivity contribution is -0.116. The van der Waals surface area contributed by atoms with E-state index in [1.54, 1.807) is 7.11 Å². The van der Waals surface area contributed by atoms with Crippen LogP contribution in [0.1, 0.15) is 30.7 Å². The first kappa shape index (κ1) is 14.2. The van der Waals surface area contributed by atoms with E-state index in [1.165, 1.54) is 0 Å². The number of hydrogen-bond acceptors (Lipinski definition) is 5. The summed E-state index contributed by atoms with van der Waals surface area (Å²) in [5.41, 5.74) is 7.59. The average molecular weight is 296 g/mol. The molecule has 1 aliphatic carbocycles. The Morgan fingerprint density at radius 1 is 1.32 bits per heavy atom. The molecule has 1 atom stereocenters. The topological polar surface area (TPSA) is 85.3 Å². The number of ketones is 1. The minimum atomic E-state index is -0.451. The van der Waals surface area contributed by atoms with Crippen molar-refractivity contribution in [2.75, 3.05) is 7.11 Å². The van der Waals surface area contributed by atoms with Crippen LogP contribution in [0, 0.1) is 11.3 Å². The number of rotatable bonds is 2. The summed E-state index contributed by atoms with van der Waals surface area (Å²) < 4.78 is 10.7. The van der Waals surface area contributed by atoms with Crippen LogP contribution in [0.3, 0.4) is 0 Å². The zero-order valence-corrected chi connectivity index (χ0v) is 12.3. The van der Waals surface area contributed by atoms with Gasteiger partial charge in [-0.3, -0.25) is 4.79 Å². The maximum absolute atomic E-state index is 12.4. The Morgan fingerprint density at radius 2 is 2.05 bits per heavy atom. The Labute approximate surface area is 128 Å². The molecule has 0 saturated carbocycles. The van der Waals surface area contributed by atoms with Gasteiger partial charge in [0.2, 0.25) is 5.88 Å². The fourth-order valence-corrected chi connectivity index (χ4v) is 2.99. The summed E-state index contributed by atoms with van der Waals surface area (Å²) in [5.74, 6) is 0.996. The fraction of sp³-hybridized carbons (Fsp3) is 0.294. The van der Waals surface area contributed by atoms with Crippen LogP contribution in [0.15, 0.2) is 47.1 Å². The molecule has 0 radical (unpaired) electrons. The summed E-state index contributed by atoms with van der Waals surface area (Å²) in [6, 6.07) is 9.42. The molecule has 2 aliphatic rings. The number of Topliss-reactive ketones (excluding diaryl/α,β-unsaturated/α-hetero) is 1. The van der Waals surface area contributed by atoms with Crippen LogP contribution in [0.4, 0.5) is 0 Å². The average Bonchev–Trinajstić information content (AvgIpc) is 2.54. The van der Waals surface area contributed by atoms with Crippen molar-refractivity contribution in [1.82, 2.24) is 0 Å². The van der Waals surface area contributed by atoms with E-state index in [-0.39, 0.29) is 11.7 Å². The second-order valence-electron chi connectivity index (χ2n) is 5.31. The van der Waals surface area contributed by atoms with Crippen molar-refractivity contribution in [3.05, 3.63) is 52.6 Å². The molecule has 22 heavy (non-hydrogen) atoms. The second kappa shape index (κ2) is 5.57. The minimum Gasteiger partial charge on any atom is -0.497 e. The van der Waals surface area contributed by atoms with E-state index in [4.69, 9.17) is 15.2 Å². The lowest BCUT2D eigenvalue weighted by Gasteiger charge is -2.31. The number of nitriles is 1.